The van der Waals surface area contributed by atoms with Crippen LogP contribution < -0.4 is 20.3 Å². The fourth-order valence-corrected chi connectivity index (χ4v) is 5.10. The Morgan fingerprint density at radius 2 is 1.88 bits per heavy atom. The summed E-state index contributed by atoms with van der Waals surface area (Å²) >= 11 is 0. The fraction of sp³-hybridized carbons (Fsp3) is 0.290. The van der Waals surface area contributed by atoms with Gasteiger partial charge in [0.25, 0.3) is 0 Å². The lowest BCUT2D eigenvalue weighted by molar-refractivity contribution is 0.0399. The molecule has 1 aliphatic carbocycles. The summed E-state index contributed by atoms with van der Waals surface area (Å²) in [4.78, 5) is 16.4. The van der Waals surface area contributed by atoms with Crippen LogP contribution in [0.3, 0.4) is 0 Å². The van der Waals surface area contributed by atoms with E-state index < -0.39 is 5.92 Å². The highest BCUT2D eigenvalue weighted by Gasteiger charge is 2.39. The van der Waals surface area contributed by atoms with Crippen molar-refractivity contribution < 1.29 is 13.5 Å². The predicted octanol–water partition coefficient (Wildman–Crippen LogP) is 6.25. The van der Waals surface area contributed by atoms with E-state index in [9.17, 15) is 0 Å². The van der Waals surface area contributed by atoms with E-state index in [-0.39, 0.29) is 22.6 Å². The summed E-state index contributed by atoms with van der Waals surface area (Å²) in [5, 5.41) is 6.60. The van der Waals surface area contributed by atoms with E-state index >= 15 is 8.78 Å². The van der Waals surface area contributed by atoms with Crippen molar-refractivity contribution in [3.8, 4) is 5.75 Å². The van der Waals surface area contributed by atoms with E-state index in [2.05, 4.69) is 49.0 Å². The van der Waals surface area contributed by atoms with Crippen LogP contribution in [0.2, 0.25) is 0 Å². The number of methoxy groups -OCH3 is 1. The van der Waals surface area contributed by atoms with Crippen molar-refractivity contribution in [1.82, 2.24) is 19.9 Å². The normalized spacial score (nSPS) is 15.6. The molecular weight excluding hydrogens is 524 g/mol. The molecule has 2 aromatic carbocycles. The molecule has 2 aliphatic rings. The number of rotatable bonds is 9. The smallest absolute Gasteiger partial charge is 0.315 e. The summed E-state index contributed by atoms with van der Waals surface area (Å²) in [5.41, 5.74) is 4.06. The topological polar surface area (TPSA) is 81.3 Å². The third-order valence-electron chi connectivity index (χ3n) is 7.60. The van der Waals surface area contributed by atoms with Gasteiger partial charge in [0.05, 0.1) is 12.8 Å². The van der Waals surface area contributed by atoms with Crippen molar-refractivity contribution >= 4 is 34.0 Å². The number of piperazine rings is 1. The minimum atomic E-state index is -3.39. The number of benzene rings is 2. The maximum absolute atomic E-state index is 16.2. The van der Waals surface area contributed by atoms with Crippen LogP contribution in [0.15, 0.2) is 78.7 Å². The second-order valence-corrected chi connectivity index (χ2v) is 10.4. The number of nitrogens with zero attached hydrogens (tertiary/aromatic N) is 4. The third kappa shape index (κ3) is 5.47. The molecule has 1 saturated carbocycles. The van der Waals surface area contributed by atoms with E-state index in [0.29, 0.717) is 22.8 Å². The quantitative estimate of drug-likeness (QED) is 0.225. The number of halogens is 2. The number of ether oxygens (including phenoxy) is 1. The maximum atomic E-state index is 16.2. The second-order valence-electron chi connectivity index (χ2n) is 10.4. The lowest BCUT2D eigenvalue weighted by Gasteiger charge is -2.34. The highest BCUT2D eigenvalue weighted by molar-refractivity contribution is 5.81. The average Bonchev–Trinajstić information content (AvgIpc) is 3.72. The van der Waals surface area contributed by atoms with Crippen LogP contribution in [0.1, 0.15) is 24.1 Å². The molecule has 0 bridgehead atoms. The van der Waals surface area contributed by atoms with E-state index in [1.165, 1.54) is 17.7 Å². The van der Waals surface area contributed by atoms with Gasteiger partial charge in [-0.25, -0.2) is 4.98 Å². The molecule has 8 nitrogen and oxygen atoms in total. The monoisotopic (exact) mass is 557 g/mol. The molecule has 0 radical (unpaired) electrons. The van der Waals surface area contributed by atoms with Crippen LogP contribution in [0, 0.1) is 0 Å². The first kappa shape index (κ1) is 26.8. The number of hydrogen-bond donors (Lipinski definition) is 3. The van der Waals surface area contributed by atoms with Crippen molar-refractivity contribution in [3.05, 3.63) is 89.9 Å². The van der Waals surface area contributed by atoms with Gasteiger partial charge in [-0.2, -0.15) is 13.8 Å². The highest BCUT2D eigenvalue weighted by atomic mass is 19.3. The van der Waals surface area contributed by atoms with Gasteiger partial charge >= 0.3 is 5.92 Å². The molecule has 0 amide bonds. The molecule has 2 aromatic heterocycles. The molecule has 0 spiro atoms. The molecule has 41 heavy (non-hydrogen) atoms. The summed E-state index contributed by atoms with van der Waals surface area (Å²) in [5.74, 6) is -2.78. The van der Waals surface area contributed by atoms with Crippen molar-refractivity contribution in [3.63, 3.8) is 0 Å². The molecule has 2 fully saturated rings. The molecule has 0 unspecified atom stereocenters. The highest BCUT2D eigenvalue weighted by Crippen LogP contribution is 2.40. The molecule has 10 heteroatoms. The maximum Gasteiger partial charge on any atom is 0.315 e. The van der Waals surface area contributed by atoms with Gasteiger partial charge in [0.2, 0.25) is 5.95 Å². The minimum Gasteiger partial charge on any atom is -0.494 e. The van der Waals surface area contributed by atoms with Gasteiger partial charge < -0.3 is 30.2 Å². The Hall–Kier alpha value is -4.44. The van der Waals surface area contributed by atoms with Crippen LogP contribution in [0.5, 0.6) is 5.75 Å². The van der Waals surface area contributed by atoms with Crippen LogP contribution in [0.25, 0.3) is 11.0 Å². The van der Waals surface area contributed by atoms with Crippen molar-refractivity contribution in [2.24, 2.45) is 0 Å². The molecule has 0 atom stereocenters. The van der Waals surface area contributed by atoms with Crippen LogP contribution in [0.4, 0.5) is 31.8 Å². The van der Waals surface area contributed by atoms with Crippen molar-refractivity contribution in [2.75, 3.05) is 55.9 Å². The molecule has 3 N–H and O–H groups in total. The van der Waals surface area contributed by atoms with Crippen LogP contribution in [-0.4, -0.2) is 60.2 Å². The third-order valence-corrected chi connectivity index (χ3v) is 7.60. The van der Waals surface area contributed by atoms with E-state index in [4.69, 9.17) is 4.74 Å². The number of hydrogen-bond acceptors (Lipinski definition) is 7. The summed E-state index contributed by atoms with van der Waals surface area (Å²) < 4.78 is 38.0. The first-order chi connectivity index (χ1) is 19.9. The second kappa shape index (κ2) is 10.9. The Balaban J connectivity index is 1.31. The molecule has 1 saturated heterocycles. The van der Waals surface area contributed by atoms with Gasteiger partial charge in [-0.15, -0.1) is 0 Å². The van der Waals surface area contributed by atoms with Gasteiger partial charge in [0, 0.05) is 66.5 Å². The molecule has 4 aromatic rings. The molecule has 212 valence electrons. The first-order valence-electron chi connectivity index (χ1n) is 13.7. The fourth-order valence-electron chi connectivity index (χ4n) is 5.10. The summed E-state index contributed by atoms with van der Waals surface area (Å²) in [7, 11) is 3.70. The van der Waals surface area contributed by atoms with Crippen LogP contribution in [-0.2, 0) is 5.92 Å². The zero-order valence-electron chi connectivity index (χ0n) is 23.2. The number of nitrogens with one attached hydrogen (secondary N) is 3. The SMILES string of the molecule is C=CC(Nc1cccc(C(F)(F)c2nc(Nc3ccc(N4CCN(C)CC4)cc3OC)nc3[nH]ccc23)c1)=C1CC1. The Morgan fingerprint density at radius 1 is 1.07 bits per heavy atom. The Kier molecular flexibility index (Phi) is 7.08. The van der Waals surface area contributed by atoms with E-state index in [1.54, 1.807) is 37.6 Å². The Morgan fingerprint density at radius 3 is 2.61 bits per heavy atom. The van der Waals surface area contributed by atoms with Gasteiger partial charge in [-0.3, -0.25) is 0 Å². The summed E-state index contributed by atoms with van der Waals surface area (Å²) in [6, 6.07) is 13.6. The minimum absolute atomic E-state index is 0.0435. The number of H-pyrrole nitrogens is 1. The van der Waals surface area contributed by atoms with Crippen molar-refractivity contribution in [1.29, 1.82) is 0 Å². The Labute approximate surface area is 237 Å². The number of alkyl halides is 2. The zero-order chi connectivity index (χ0) is 28.6. The number of allylic oxidation sites excluding steroid dienone is 2. The Bertz CT molecular complexity index is 1620. The van der Waals surface area contributed by atoms with Crippen LogP contribution >= 0.6 is 0 Å². The standard InChI is InChI=1S/C31H33F2N7O/c1-4-25(20-8-9-20)35-22-7-5-6-21(18-22)31(32,33)28-24-12-13-34-29(24)38-30(37-28)36-26-11-10-23(19-27(26)41-3)40-16-14-39(2)15-17-40/h4-7,10-13,18-19,35H,1,8-9,14-17H2,2-3H3,(H2,34,36,37,38). The molecule has 1 aliphatic heterocycles. The number of fused-ring (bicyclic) bond motifs is 1. The van der Waals surface area contributed by atoms with E-state index in [0.717, 1.165) is 50.4 Å². The lowest BCUT2D eigenvalue weighted by Crippen LogP contribution is -2.44. The summed E-state index contributed by atoms with van der Waals surface area (Å²) in [6.45, 7) is 7.64. The van der Waals surface area contributed by atoms with Crippen molar-refractivity contribution in [2.45, 2.75) is 18.8 Å². The predicted molar refractivity (Wildman–Crippen MR) is 159 cm³/mol. The number of likely N-dealkylation sites (N-methyl/N-ethyl adjacent to an activating group) is 1. The molecular formula is C31H33F2N7O. The number of aromatic nitrogens is 3. The van der Waals surface area contributed by atoms with Gasteiger partial charge in [0.15, 0.2) is 0 Å². The largest absolute Gasteiger partial charge is 0.494 e. The molecule has 6 rings (SSSR count). The summed E-state index contributed by atoms with van der Waals surface area (Å²) in [6.07, 6.45) is 5.31. The van der Waals surface area contributed by atoms with Gasteiger partial charge in [0.1, 0.15) is 17.1 Å². The lowest BCUT2D eigenvalue weighted by atomic mass is 10.0. The average molecular weight is 558 g/mol. The number of anilines is 4. The first-order valence-corrected chi connectivity index (χ1v) is 13.7. The zero-order valence-corrected chi connectivity index (χ0v) is 23.2. The molecule has 3 heterocycles. The van der Waals surface area contributed by atoms with Gasteiger partial charge in [-0.1, -0.05) is 18.7 Å². The van der Waals surface area contributed by atoms with E-state index in [1.807, 2.05) is 18.2 Å². The van der Waals surface area contributed by atoms with Gasteiger partial charge in [-0.05, 0) is 61.9 Å². The number of aromatic amines is 1.